The predicted molar refractivity (Wildman–Crippen MR) is 67.9 cm³/mol. The molecule has 1 amide bonds. The Morgan fingerprint density at radius 1 is 1.56 bits per heavy atom. The van der Waals surface area contributed by atoms with Crippen LogP contribution in [0.4, 0.5) is 0 Å². The fourth-order valence-corrected chi connectivity index (χ4v) is 2.31. The number of aromatic nitrogens is 3. The lowest BCUT2D eigenvalue weighted by molar-refractivity contribution is -0.132. The Hall–Kier alpha value is -1.43. The van der Waals surface area contributed by atoms with Crippen LogP contribution < -0.4 is 5.32 Å². The minimum atomic E-state index is 0.107. The lowest BCUT2D eigenvalue weighted by Gasteiger charge is -2.30. The minimum Gasteiger partial charge on any atom is -0.340 e. The van der Waals surface area contributed by atoms with Gasteiger partial charge in [-0.15, -0.1) is 0 Å². The number of hydrogen-bond acceptors (Lipinski definition) is 4. The number of nitrogens with one attached hydrogen (secondary N) is 1. The zero-order valence-corrected chi connectivity index (χ0v) is 10.9. The zero-order chi connectivity index (χ0) is 12.8. The van der Waals surface area contributed by atoms with Gasteiger partial charge >= 0.3 is 0 Å². The molecule has 1 aromatic rings. The summed E-state index contributed by atoms with van der Waals surface area (Å²) in [4.78, 5) is 17.9. The molecule has 6 nitrogen and oxygen atoms in total. The molecular formula is C12H21N5O. The number of carbonyl (C=O) groups excluding carboxylic acids is 1. The molecule has 2 heterocycles. The van der Waals surface area contributed by atoms with E-state index in [0.29, 0.717) is 6.04 Å². The summed E-state index contributed by atoms with van der Waals surface area (Å²) in [6.07, 6.45) is 6.69. The second-order valence-corrected chi connectivity index (χ2v) is 4.67. The second-order valence-electron chi connectivity index (χ2n) is 4.67. The van der Waals surface area contributed by atoms with E-state index in [4.69, 9.17) is 0 Å². The standard InChI is InChI=1S/C12H21N5O/c1-2-16(7-11-5-3-4-6-14-11)12(18)8-17-10-13-9-15-17/h9-11,14H,2-8H2,1H3. The van der Waals surface area contributed by atoms with Crippen molar-refractivity contribution in [3.05, 3.63) is 12.7 Å². The quantitative estimate of drug-likeness (QED) is 0.816. The first-order valence-electron chi connectivity index (χ1n) is 6.63. The molecule has 1 N–H and O–H groups in total. The Bertz CT molecular complexity index is 359. The van der Waals surface area contributed by atoms with Gasteiger partial charge in [0.2, 0.25) is 5.91 Å². The van der Waals surface area contributed by atoms with Gasteiger partial charge in [-0.25, -0.2) is 9.67 Å². The van der Waals surface area contributed by atoms with Crippen molar-refractivity contribution in [2.75, 3.05) is 19.6 Å². The van der Waals surface area contributed by atoms with Crippen molar-refractivity contribution >= 4 is 5.91 Å². The van der Waals surface area contributed by atoms with Crippen molar-refractivity contribution < 1.29 is 4.79 Å². The van der Waals surface area contributed by atoms with Crippen LogP contribution in [-0.2, 0) is 11.3 Å². The van der Waals surface area contributed by atoms with Gasteiger partial charge in [-0.3, -0.25) is 4.79 Å². The molecule has 0 bridgehead atoms. The van der Waals surface area contributed by atoms with Gasteiger partial charge in [-0.2, -0.15) is 5.10 Å². The Kier molecular flexibility index (Phi) is 4.69. The number of piperidine rings is 1. The van der Waals surface area contributed by atoms with Crippen molar-refractivity contribution in [2.24, 2.45) is 0 Å². The molecule has 0 spiro atoms. The van der Waals surface area contributed by atoms with Gasteiger partial charge in [-0.05, 0) is 26.3 Å². The molecular weight excluding hydrogens is 230 g/mol. The van der Waals surface area contributed by atoms with E-state index in [2.05, 4.69) is 15.4 Å². The molecule has 1 unspecified atom stereocenters. The SMILES string of the molecule is CCN(CC1CCCCN1)C(=O)Cn1cncn1. The van der Waals surface area contributed by atoms with Crippen molar-refractivity contribution in [1.29, 1.82) is 0 Å². The van der Waals surface area contributed by atoms with Crippen LogP contribution in [0.25, 0.3) is 0 Å². The summed E-state index contributed by atoms with van der Waals surface area (Å²) in [7, 11) is 0. The number of hydrogen-bond donors (Lipinski definition) is 1. The molecule has 1 aromatic heterocycles. The third kappa shape index (κ3) is 3.53. The molecule has 2 rings (SSSR count). The highest BCUT2D eigenvalue weighted by Crippen LogP contribution is 2.08. The molecule has 1 atom stereocenters. The number of amides is 1. The molecule has 1 fully saturated rings. The van der Waals surface area contributed by atoms with Crippen molar-refractivity contribution in [1.82, 2.24) is 25.0 Å². The van der Waals surface area contributed by atoms with Gasteiger partial charge in [0.05, 0.1) is 0 Å². The van der Waals surface area contributed by atoms with E-state index in [9.17, 15) is 4.79 Å². The maximum Gasteiger partial charge on any atom is 0.244 e. The van der Waals surface area contributed by atoms with Gasteiger partial charge in [0, 0.05) is 19.1 Å². The summed E-state index contributed by atoms with van der Waals surface area (Å²) in [6.45, 7) is 4.90. The average molecular weight is 251 g/mol. The summed E-state index contributed by atoms with van der Waals surface area (Å²) in [6, 6.07) is 0.443. The van der Waals surface area contributed by atoms with Gasteiger partial charge in [0.1, 0.15) is 19.2 Å². The monoisotopic (exact) mass is 251 g/mol. The summed E-state index contributed by atoms with van der Waals surface area (Å²) >= 11 is 0. The van der Waals surface area contributed by atoms with Gasteiger partial charge in [0.25, 0.3) is 0 Å². The Labute approximate surface area is 107 Å². The fraction of sp³-hybridized carbons (Fsp3) is 0.750. The molecule has 18 heavy (non-hydrogen) atoms. The number of likely N-dealkylation sites (N-methyl/N-ethyl adjacent to an activating group) is 1. The van der Waals surface area contributed by atoms with Crippen LogP contribution in [0.1, 0.15) is 26.2 Å². The highest BCUT2D eigenvalue weighted by Gasteiger charge is 2.19. The minimum absolute atomic E-state index is 0.107. The van der Waals surface area contributed by atoms with E-state index in [-0.39, 0.29) is 12.5 Å². The van der Waals surface area contributed by atoms with Crippen LogP contribution in [0, 0.1) is 0 Å². The van der Waals surface area contributed by atoms with Crippen molar-refractivity contribution in [3.8, 4) is 0 Å². The lowest BCUT2D eigenvalue weighted by atomic mass is 10.0. The first-order valence-corrected chi connectivity index (χ1v) is 6.63. The normalized spacial score (nSPS) is 19.7. The lowest BCUT2D eigenvalue weighted by Crippen LogP contribution is -2.46. The molecule has 1 aliphatic heterocycles. The largest absolute Gasteiger partial charge is 0.340 e. The van der Waals surface area contributed by atoms with E-state index in [1.165, 1.54) is 19.2 Å². The van der Waals surface area contributed by atoms with E-state index >= 15 is 0 Å². The van der Waals surface area contributed by atoms with E-state index < -0.39 is 0 Å². The first-order chi connectivity index (χ1) is 8.79. The Morgan fingerprint density at radius 3 is 3.06 bits per heavy atom. The molecule has 0 aliphatic carbocycles. The molecule has 1 aliphatic rings. The number of rotatable bonds is 5. The Balaban J connectivity index is 1.85. The van der Waals surface area contributed by atoms with Crippen LogP contribution in [-0.4, -0.2) is 51.2 Å². The van der Waals surface area contributed by atoms with E-state index in [1.807, 2.05) is 11.8 Å². The molecule has 0 radical (unpaired) electrons. The first kappa shape index (κ1) is 13.0. The molecule has 0 aromatic carbocycles. The van der Waals surface area contributed by atoms with Gasteiger partial charge in [-0.1, -0.05) is 6.42 Å². The highest BCUT2D eigenvalue weighted by atomic mass is 16.2. The molecule has 100 valence electrons. The summed E-state index contributed by atoms with van der Waals surface area (Å²) in [5.41, 5.74) is 0. The highest BCUT2D eigenvalue weighted by molar-refractivity contribution is 5.75. The molecule has 6 heteroatoms. The molecule has 1 saturated heterocycles. The van der Waals surface area contributed by atoms with Crippen LogP contribution >= 0.6 is 0 Å². The third-order valence-corrected chi connectivity index (χ3v) is 3.35. The summed E-state index contributed by atoms with van der Waals surface area (Å²) < 4.78 is 1.57. The zero-order valence-electron chi connectivity index (χ0n) is 10.9. The van der Waals surface area contributed by atoms with E-state index in [0.717, 1.165) is 26.1 Å². The maximum absolute atomic E-state index is 12.1. The number of nitrogens with zero attached hydrogens (tertiary/aromatic N) is 4. The van der Waals surface area contributed by atoms with Crippen LogP contribution in [0.5, 0.6) is 0 Å². The van der Waals surface area contributed by atoms with Crippen LogP contribution in [0.15, 0.2) is 12.7 Å². The maximum atomic E-state index is 12.1. The van der Waals surface area contributed by atoms with E-state index in [1.54, 1.807) is 11.0 Å². The van der Waals surface area contributed by atoms with Gasteiger partial charge < -0.3 is 10.2 Å². The van der Waals surface area contributed by atoms with Gasteiger partial charge in [0.15, 0.2) is 0 Å². The summed E-state index contributed by atoms with van der Waals surface area (Å²) in [5.74, 6) is 0.107. The van der Waals surface area contributed by atoms with Crippen molar-refractivity contribution in [2.45, 2.75) is 38.8 Å². The topological polar surface area (TPSA) is 63.1 Å². The fourth-order valence-electron chi connectivity index (χ4n) is 2.31. The second kappa shape index (κ2) is 6.49. The third-order valence-electron chi connectivity index (χ3n) is 3.35. The summed E-state index contributed by atoms with van der Waals surface area (Å²) in [5, 5.41) is 7.43. The Morgan fingerprint density at radius 2 is 2.44 bits per heavy atom. The van der Waals surface area contributed by atoms with Crippen LogP contribution in [0.2, 0.25) is 0 Å². The smallest absolute Gasteiger partial charge is 0.244 e. The molecule has 0 saturated carbocycles. The average Bonchev–Trinajstić information content (AvgIpc) is 2.90. The van der Waals surface area contributed by atoms with Crippen molar-refractivity contribution in [3.63, 3.8) is 0 Å². The number of carbonyl (C=O) groups is 1. The predicted octanol–water partition coefficient (Wildman–Crippen LogP) is 0.269. The van der Waals surface area contributed by atoms with Crippen LogP contribution in [0.3, 0.4) is 0 Å².